The summed E-state index contributed by atoms with van der Waals surface area (Å²) in [6.45, 7) is 0. The van der Waals surface area contributed by atoms with E-state index in [0.717, 1.165) is 0 Å². The van der Waals surface area contributed by atoms with Gasteiger partial charge in [0.05, 0.1) is 19.2 Å². The number of hydrogen-bond donors (Lipinski definition) is 1. The Labute approximate surface area is 88.2 Å². The van der Waals surface area contributed by atoms with Gasteiger partial charge < -0.3 is 15.2 Å². The van der Waals surface area contributed by atoms with E-state index in [1.807, 2.05) is 0 Å². The van der Waals surface area contributed by atoms with Gasteiger partial charge in [0.15, 0.2) is 11.5 Å². The minimum Gasteiger partial charge on any atom is -0.493 e. The zero-order chi connectivity index (χ0) is 9.14. The molecule has 2 N–H and O–H groups in total. The van der Waals surface area contributed by atoms with Gasteiger partial charge in [0.2, 0.25) is 0 Å². The van der Waals surface area contributed by atoms with Crippen molar-refractivity contribution >= 4 is 29.7 Å². The Morgan fingerprint density at radius 1 is 1.23 bits per heavy atom. The van der Waals surface area contributed by atoms with E-state index in [4.69, 9.17) is 26.8 Å². The molecule has 0 saturated carbocycles. The fourth-order valence-corrected chi connectivity index (χ4v) is 1.23. The van der Waals surface area contributed by atoms with Gasteiger partial charge in [-0.05, 0) is 6.07 Å². The van der Waals surface area contributed by atoms with Gasteiger partial charge in [-0.1, -0.05) is 11.6 Å². The van der Waals surface area contributed by atoms with Crippen LogP contribution in [-0.4, -0.2) is 14.2 Å². The Hall–Kier alpha value is -0.800. The first-order chi connectivity index (χ1) is 5.69. The van der Waals surface area contributed by atoms with E-state index >= 15 is 0 Å². The Morgan fingerprint density at radius 2 is 1.85 bits per heavy atom. The molecule has 0 aliphatic heterocycles. The first kappa shape index (κ1) is 12.2. The summed E-state index contributed by atoms with van der Waals surface area (Å²) in [5, 5.41) is 0.453. The van der Waals surface area contributed by atoms with Crippen molar-refractivity contribution < 1.29 is 9.47 Å². The number of nitrogen functional groups attached to an aromatic ring is 1. The molecule has 0 fully saturated rings. The number of halogens is 2. The minimum atomic E-state index is 0. The van der Waals surface area contributed by atoms with Crippen molar-refractivity contribution in [2.75, 3.05) is 20.0 Å². The molecule has 1 rings (SSSR count). The first-order valence-electron chi connectivity index (χ1n) is 3.36. The monoisotopic (exact) mass is 223 g/mol. The summed E-state index contributed by atoms with van der Waals surface area (Å²) in [5.41, 5.74) is 6.09. The molecule has 0 atom stereocenters. The van der Waals surface area contributed by atoms with Gasteiger partial charge in [0.1, 0.15) is 0 Å². The van der Waals surface area contributed by atoms with Crippen molar-refractivity contribution in [3.05, 3.63) is 17.2 Å². The number of ether oxygens (including phenoxy) is 2. The van der Waals surface area contributed by atoms with Crippen molar-refractivity contribution in [3.8, 4) is 11.5 Å². The largest absolute Gasteiger partial charge is 0.493 e. The number of rotatable bonds is 2. The Bertz CT molecular complexity index is 292. The third-order valence-electron chi connectivity index (χ3n) is 1.46. The van der Waals surface area contributed by atoms with Crippen LogP contribution in [0.5, 0.6) is 11.5 Å². The summed E-state index contributed by atoms with van der Waals surface area (Å²) in [6, 6.07) is 3.27. The van der Waals surface area contributed by atoms with Crippen LogP contribution in [0.2, 0.25) is 5.02 Å². The smallest absolute Gasteiger partial charge is 0.179 e. The normalized spacial score (nSPS) is 8.85. The SMILES string of the molecule is COc1cc(N)cc(Cl)c1OC.Cl. The lowest BCUT2D eigenvalue weighted by Gasteiger charge is -2.09. The molecule has 3 nitrogen and oxygen atoms in total. The molecule has 74 valence electrons. The Morgan fingerprint density at radius 3 is 2.31 bits per heavy atom. The second-order valence-corrected chi connectivity index (χ2v) is 2.65. The van der Waals surface area contributed by atoms with Gasteiger partial charge in [0, 0.05) is 11.8 Å². The second kappa shape index (κ2) is 5.04. The van der Waals surface area contributed by atoms with E-state index in [-0.39, 0.29) is 12.4 Å². The molecule has 5 heteroatoms. The minimum absolute atomic E-state index is 0. The van der Waals surface area contributed by atoms with Crippen LogP contribution in [0, 0.1) is 0 Å². The number of benzene rings is 1. The summed E-state index contributed by atoms with van der Waals surface area (Å²) in [5.74, 6) is 1.05. The Kier molecular flexibility index (Phi) is 4.73. The summed E-state index contributed by atoms with van der Waals surface area (Å²) in [6.07, 6.45) is 0. The van der Waals surface area contributed by atoms with Crippen LogP contribution in [0.15, 0.2) is 12.1 Å². The topological polar surface area (TPSA) is 44.5 Å². The van der Waals surface area contributed by atoms with Crippen molar-refractivity contribution in [2.45, 2.75) is 0 Å². The molecule has 13 heavy (non-hydrogen) atoms. The highest BCUT2D eigenvalue weighted by Gasteiger charge is 2.08. The average molecular weight is 224 g/mol. The van der Waals surface area contributed by atoms with Crippen molar-refractivity contribution in [1.29, 1.82) is 0 Å². The van der Waals surface area contributed by atoms with E-state index in [0.29, 0.717) is 22.2 Å². The number of methoxy groups -OCH3 is 2. The highest BCUT2D eigenvalue weighted by Crippen LogP contribution is 2.36. The molecular weight excluding hydrogens is 213 g/mol. The maximum atomic E-state index is 5.83. The van der Waals surface area contributed by atoms with E-state index in [1.165, 1.54) is 14.2 Å². The molecule has 0 amide bonds. The molecule has 1 aromatic carbocycles. The van der Waals surface area contributed by atoms with Gasteiger partial charge in [-0.2, -0.15) is 0 Å². The highest BCUT2D eigenvalue weighted by atomic mass is 35.5. The quantitative estimate of drug-likeness (QED) is 0.784. The second-order valence-electron chi connectivity index (χ2n) is 2.24. The van der Waals surface area contributed by atoms with Gasteiger partial charge in [-0.15, -0.1) is 12.4 Å². The lowest BCUT2D eigenvalue weighted by molar-refractivity contribution is 0.355. The molecule has 0 spiro atoms. The molecule has 0 heterocycles. The van der Waals surface area contributed by atoms with Gasteiger partial charge >= 0.3 is 0 Å². The zero-order valence-electron chi connectivity index (χ0n) is 7.33. The molecule has 0 saturated heterocycles. The third-order valence-corrected chi connectivity index (χ3v) is 1.74. The third kappa shape index (κ3) is 2.57. The summed E-state index contributed by atoms with van der Waals surface area (Å²) < 4.78 is 10.0. The van der Waals surface area contributed by atoms with E-state index in [9.17, 15) is 0 Å². The predicted molar refractivity (Wildman–Crippen MR) is 56.2 cm³/mol. The number of anilines is 1. The molecule has 0 radical (unpaired) electrons. The molecular formula is C8H11Cl2NO2. The van der Waals surface area contributed by atoms with Crippen LogP contribution in [0.1, 0.15) is 0 Å². The molecule has 0 aliphatic rings. The molecule has 1 aromatic rings. The first-order valence-corrected chi connectivity index (χ1v) is 3.74. The predicted octanol–water partition coefficient (Wildman–Crippen LogP) is 2.36. The maximum absolute atomic E-state index is 5.83. The van der Waals surface area contributed by atoms with Gasteiger partial charge in [0.25, 0.3) is 0 Å². The standard InChI is InChI=1S/C8H10ClNO2.ClH/c1-11-7-4-5(10)3-6(9)8(7)12-2;/h3-4H,10H2,1-2H3;1H. The lowest BCUT2D eigenvalue weighted by Crippen LogP contribution is -1.93. The van der Waals surface area contributed by atoms with Crippen molar-refractivity contribution in [3.63, 3.8) is 0 Å². The van der Waals surface area contributed by atoms with E-state index in [2.05, 4.69) is 0 Å². The van der Waals surface area contributed by atoms with Crippen LogP contribution in [0.25, 0.3) is 0 Å². The van der Waals surface area contributed by atoms with Crippen LogP contribution < -0.4 is 15.2 Å². The fourth-order valence-electron chi connectivity index (χ4n) is 0.938. The Balaban J connectivity index is 0.00000144. The van der Waals surface area contributed by atoms with Crippen LogP contribution in [0.3, 0.4) is 0 Å². The molecule has 0 unspecified atom stereocenters. The summed E-state index contributed by atoms with van der Waals surface area (Å²) >= 11 is 5.83. The van der Waals surface area contributed by atoms with E-state index in [1.54, 1.807) is 12.1 Å². The summed E-state index contributed by atoms with van der Waals surface area (Å²) in [4.78, 5) is 0. The average Bonchev–Trinajstić information content (AvgIpc) is 2.03. The number of hydrogen-bond acceptors (Lipinski definition) is 3. The lowest BCUT2D eigenvalue weighted by atomic mass is 10.3. The molecule has 0 bridgehead atoms. The van der Waals surface area contributed by atoms with E-state index < -0.39 is 0 Å². The van der Waals surface area contributed by atoms with Crippen molar-refractivity contribution in [2.24, 2.45) is 0 Å². The zero-order valence-corrected chi connectivity index (χ0v) is 8.91. The van der Waals surface area contributed by atoms with Gasteiger partial charge in [-0.3, -0.25) is 0 Å². The highest BCUT2D eigenvalue weighted by molar-refractivity contribution is 6.32. The fraction of sp³-hybridized carbons (Fsp3) is 0.250. The number of nitrogens with two attached hydrogens (primary N) is 1. The van der Waals surface area contributed by atoms with Gasteiger partial charge in [-0.25, -0.2) is 0 Å². The van der Waals surface area contributed by atoms with Crippen molar-refractivity contribution in [1.82, 2.24) is 0 Å². The molecule has 0 aliphatic carbocycles. The molecule has 0 aromatic heterocycles. The van der Waals surface area contributed by atoms with Crippen LogP contribution in [-0.2, 0) is 0 Å². The summed E-state index contributed by atoms with van der Waals surface area (Å²) in [7, 11) is 3.06. The maximum Gasteiger partial charge on any atom is 0.179 e. The van der Waals surface area contributed by atoms with Crippen LogP contribution in [0.4, 0.5) is 5.69 Å². The van der Waals surface area contributed by atoms with Crippen LogP contribution >= 0.6 is 24.0 Å².